The fourth-order valence-corrected chi connectivity index (χ4v) is 0.701. The minimum atomic E-state index is -1.60. The van der Waals surface area contributed by atoms with Gasteiger partial charge in [0.1, 0.15) is 5.76 Å². The number of hydrogen-bond donors (Lipinski definition) is 1. The van der Waals surface area contributed by atoms with Crippen LogP contribution in [0.5, 0.6) is 0 Å². The molecule has 0 radical (unpaired) electrons. The summed E-state index contributed by atoms with van der Waals surface area (Å²) in [6, 6.07) is 2.93. The van der Waals surface area contributed by atoms with Gasteiger partial charge in [0.05, 0.1) is 17.3 Å². The molecule has 0 aliphatic carbocycles. The molecule has 1 aromatic heterocycles. The van der Waals surface area contributed by atoms with E-state index in [2.05, 4.69) is 0 Å². The number of carboxylic acids is 1. The second-order valence-corrected chi connectivity index (χ2v) is 2.11. The molecule has 0 atom stereocenters. The van der Waals surface area contributed by atoms with Crippen molar-refractivity contribution >= 4 is 12.0 Å². The van der Waals surface area contributed by atoms with Gasteiger partial charge in [0.15, 0.2) is 0 Å². The highest BCUT2D eigenvalue weighted by molar-refractivity contribution is 5.88. The first kappa shape index (κ1) is 8.98. The predicted octanol–water partition coefficient (Wildman–Crippen LogP) is 0.982. The summed E-state index contributed by atoms with van der Waals surface area (Å²) < 4.78 is 4.72. The van der Waals surface area contributed by atoms with Gasteiger partial charge in [-0.1, -0.05) is 0 Å². The molecule has 0 unspecified atom stereocenters. The van der Waals surface area contributed by atoms with Crippen LogP contribution in [0.3, 0.4) is 0 Å². The Morgan fingerprint density at radius 3 is 2.77 bits per heavy atom. The van der Waals surface area contributed by atoms with Crippen molar-refractivity contribution < 1.29 is 19.2 Å². The van der Waals surface area contributed by atoms with E-state index in [1.165, 1.54) is 18.4 Å². The molecular formula is C7H5NO5. The third-order valence-electron chi connectivity index (χ3n) is 1.24. The maximum atomic E-state index is 10.3. The van der Waals surface area contributed by atoms with Crippen LogP contribution in [-0.4, -0.2) is 16.0 Å². The molecular weight excluding hydrogens is 178 g/mol. The van der Waals surface area contributed by atoms with E-state index in [1.807, 2.05) is 0 Å². The average molecular weight is 183 g/mol. The van der Waals surface area contributed by atoms with Gasteiger partial charge in [-0.15, -0.1) is 0 Å². The van der Waals surface area contributed by atoms with Gasteiger partial charge in [-0.05, 0) is 12.1 Å². The van der Waals surface area contributed by atoms with Gasteiger partial charge < -0.3 is 9.52 Å². The lowest BCUT2D eigenvalue weighted by Crippen LogP contribution is -2.09. The highest BCUT2D eigenvalue weighted by atomic mass is 16.6. The Morgan fingerprint density at radius 2 is 2.38 bits per heavy atom. The molecule has 0 amide bonds. The Bertz CT molecular complexity index is 335. The van der Waals surface area contributed by atoms with Crippen LogP contribution in [0.4, 0.5) is 0 Å². The van der Waals surface area contributed by atoms with Gasteiger partial charge in [-0.2, -0.15) is 0 Å². The number of rotatable bonds is 3. The summed E-state index contributed by atoms with van der Waals surface area (Å²) in [5.74, 6) is -1.46. The number of carboxylic acid groups (broad SMARTS) is 1. The summed E-state index contributed by atoms with van der Waals surface area (Å²) in [7, 11) is 0. The zero-order chi connectivity index (χ0) is 9.84. The molecule has 0 saturated heterocycles. The van der Waals surface area contributed by atoms with E-state index in [9.17, 15) is 14.9 Å². The van der Waals surface area contributed by atoms with Crippen molar-refractivity contribution in [2.45, 2.75) is 0 Å². The minimum absolute atomic E-state index is 0.133. The zero-order valence-corrected chi connectivity index (χ0v) is 6.34. The van der Waals surface area contributed by atoms with Gasteiger partial charge in [0, 0.05) is 0 Å². The van der Waals surface area contributed by atoms with Crippen LogP contribution < -0.4 is 0 Å². The van der Waals surface area contributed by atoms with Crippen molar-refractivity contribution in [2.75, 3.05) is 0 Å². The Balaban J connectivity index is 3.01. The average Bonchev–Trinajstić information content (AvgIpc) is 2.50. The van der Waals surface area contributed by atoms with Gasteiger partial charge in [-0.3, -0.25) is 10.1 Å². The number of nitro groups is 1. The van der Waals surface area contributed by atoms with Crippen LogP contribution in [0.2, 0.25) is 0 Å². The van der Waals surface area contributed by atoms with Gasteiger partial charge in [0.2, 0.25) is 0 Å². The molecule has 6 nitrogen and oxygen atoms in total. The molecule has 6 heteroatoms. The molecule has 0 spiro atoms. The largest absolute Gasteiger partial charge is 0.473 e. The Labute approximate surface area is 72.2 Å². The molecule has 0 bridgehead atoms. The number of carbonyl (C=O) groups is 1. The van der Waals surface area contributed by atoms with Crippen molar-refractivity contribution in [3.05, 3.63) is 40.0 Å². The summed E-state index contributed by atoms with van der Waals surface area (Å²) in [6.45, 7) is 0. The van der Waals surface area contributed by atoms with Crippen molar-refractivity contribution in [3.63, 3.8) is 0 Å². The summed E-state index contributed by atoms with van der Waals surface area (Å²) in [6.07, 6.45) is 2.15. The third kappa shape index (κ3) is 2.16. The first-order valence-corrected chi connectivity index (χ1v) is 3.24. The first-order valence-electron chi connectivity index (χ1n) is 3.24. The summed E-state index contributed by atoms with van der Waals surface area (Å²) >= 11 is 0. The van der Waals surface area contributed by atoms with Crippen molar-refractivity contribution in [1.82, 2.24) is 0 Å². The van der Waals surface area contributed by atoms with E-state index in [0.29, 0.717) is 0 Å². The second-order valence-electron chi connectivity index (χ2n) is 2.11. The molecule has 1 aromatic rings. The lowest BCUT2D eigenvalue weighted by molar-refractivity contribution is -0.419. The van der Waals surface area contributed by atoms with Crippen LogP contribution in [0.15, 0.2) is 28.5 Å². The van der Waals surface area contributed by atoms with Crippen molar-refractivity contribution in [3.8, 4) is 0 Å². The van der Waals surface area contributed by atoms with E-state index in [1.54, 1.807) is 0 Å². The third-order valence-corrected chi connectivity index (χ3v) is 1.24. The van der Waals surface area contributed by atoms with E-state index in [4.69, 9.17) is 9.52 Å². The van der Waals surface area contributed by atoms with Crippen LogP contribution in [0, 0.1) is 10.1 Å². The molecule has 0 aromatic carbocycles. The van der Waals surface area contributed by atoms with E-state index in [-0.39, 0.29) is 5.76 Å². The summed E-state index contributed by atoms with van der Waals surface area (Å²) in [4.78, 5) is 19.5. The first-order chi connectivity index (χ1) is 6.11. The topological polar surface area (TPSA) is 93.6 Å². The normalized spacial score (nSPS) is 11.2. The maximum absolute atomic E-state index is 10.3. The SMILES string of the molecule is O=C(O)C(=Cc1ccco1)[N+](=O)[O-]. The fraction of sp³-hybridized carbons (Fsp3) is 0. The molecule has 0 saturated carbocycles. The van der Waals surface area contributed by atoms with E-state index < -0.39 is 16.6 Å². The molecule has 0 aliphatic rings. The molecule has 1 N–H and O–H groups in total. The van der Waals surface area contributed by atoms with Crippen LogP contribution in [-0.2, 0) is 4.79 Å². The quantitative estimate of drug-likeness (QED) is 0.428. The summed E-state index contributed by atoms with van der Waals surface area (Å²) in [5.41, 5.74) is -0.921. The van der Waals surface area contributed by atoms with Crippen molar-refractivity contribution in [2.24, 2.45) is 0 Å². The van der Waals surface area contributed by atoms with Gasteiger partial charge >= 0.3 is 11.7 Å². The number of aliphatic carboxylic acids is 1. The lowest BCUT2D eigenvalue weighted by Gasteiger charge is -1.89. The molecule has 13 heavy (non-hydrogen) atoms. The highest BCUT2D eigenvalue weighted by Crippen LogP contribution is 2.07. The molecule has 68 valence electrons. The number of furan rings is 1. The zero-order valence-electron chi connectivity index (χ0n) is 6.34. The minimum Gasteiger partial charge on any atom is -0.473 e. The lowest BCUT2D eigenvalue weighted by atomic mass is 10.3. The van der Waals surface area contributed by atoms with Crippen LogP contribution in [0.25, 0.3) is 6.08 Å². The highest BCUT2D eigenvalue weighted by Gasteiger charge is 2.20. The summed E-state index contributed by atoms with van der Waals surface area (Å²) in [5, 5.41) is 18.6. The molecule has 0 fully saturated rings. The Morgan fingerprint density at radius 1 is 1.69 bits per heavy atom. The Hall–Kier alpha value is -2.11. The maximum Gasteiger partial charge on any atom is 0.407 e. The molecule has 1 heterocycles. The van der Waals surface area contributed by atoms with Crippen LogP contribution >= 0.6 is 0 Å². The standard InChI is InChI=1S/C7H5NO5/c9-7(10)6(8(11)12)4-5-2-1-3-13-5/h1-4H,(H,9,10). The Kier molecular flexibility index (Phi) is 2.44. The van der Waals surface area contributed by atoms with Crippen LogP contribution in [0.1, 0.15) is 5.76 Å². The predicted molar refractivity (Wildman–Crippen MR) is 41.3 cm³/mol. The van der Waals surface area contributed by atoms with E-state index >= 15 is 0 Å². The van der Waals surface area contributed by atoms with Crippen molar-refractivity contribution in [1.29, 1.82) is 0 Å². The van der Waals surface area contributed by atoms with Gasteiger partial charge in [0.25, 0.3) is 0 Å². The monoisotopic (exact) mass is 183 g/mol. The van der Waals surface area contributed by atoms with Gasteiger partial charge in [-0.25, -0.2) is 4.79 Å². The second kappa shape index (κ2) is 3.53. The molecule has 0 aliphatic heterocycles. The number of hydrogen-bond acceptors (Lipinski definition) is 4. The smallest absolute Gasteiger partial charge is 0.407 e. The molecule has 1 rings (SSSR count). The fourth-order valence-electron chi connectivity index (χ4n) is 0.701. The number of nitrogens with zero attached hydrogens (tertiary/aromatic N) is 1. The van der Waals surface area contributed by atoms with E-state index in [0.717, 1.165) is 6.08 Å².